The molecule has 3 rings (SSSR count). The molecule has 8 nitrogen and oxygen atoms in total. The lowest BCUT2D eigenvalue weighted by molar-refractivity contribution is -0.123. The van der Waals surface area contributed by atoms with Gasteiger partial charge < -0.3 is 24.1 Å². The van der Waals surface area contributed by atoms with Crippen molar-refractivity contribution in [3.05, 3.63) is 54.8 Å². The Morgan fingerprint density at radius 1 is 1.07 bits per heavy atom. The molecular weight excluding hydrogens is 384 g/mol. The molecule has 158 valence electrons. The first-order valence-electron chi connectivity index (χ1n) is 9.94. The van der Waals surface area contributed by atoms with Crippen molar-refractivity contribution in [1.29, 1.82) is 0 Å². The highest BCUT2D eigenvalue weighted by Crippen LogP contribution is 2.21. The number of anilines is 1. The zero-order valence-corrected chi connectivity index (χ0v) is 17.2. The lowest BCUT2D eigenvalue weighted by Gasteiger charge is -2.21. The average Bonchev–Trinajstić information content (AvgIpc) is 3.32. The van der Waals surface area contributed by atoms with Gasteiger partial charge >= 0.3 is 0 Å². The van der Waals surface area contributed by atoms with Gasteiger partial charge in [-0.3, -0.25) is 4.79 Å². The molecule has 0 spiro atoms. The fourth-order valence-electron chi connectivity index (χ4n) is 2.86. The van der Waals surface area contributed by atoms with E-state index in [1.807, 2.05) is 30.3 Å². The van der Waals surface area contributed by atoms with Crippen LogP contribution in [0.5, 0.6) is 11.6 Å². The van der Waals surface area contributed by atoms with Crippen LogP contribution in [0.3, 0.4) is 0 Å². The quantitative estimate of drug-likeness (QED) is 0.486. The number of hydrogen-bond donors (Lipinski definition) is 1. The minimum atomic E-state index is -0.217. The fraction of sp³-hybridized carbons (Fsp3) is 0.318. The SMILES string of the molecule is CCN(CC)c1cccc(OCC(=O)NCCOc2ccc(-c3ccco3)nn2)c1. The predicted octanol–water partition coefficient (Wildman–Crippen LogP) is 3.16. The number of aromatic nitrogens is 2. The monoisotopic (exact) mass is 410 g/mol. The van der Waals surface area contributed by atoms with Crippen LogP contribution in [0.1, 0.15) is 13.8 Å². The molecule has 0 saturated carbocycles. The smallest absolute Gasteiger partial charge is 0.258 e. The number of hydrogen-bond acceptors (Lipinski definition) is 7. The van der Waals surface area contributed by atoms with E-state index in [0.717, 1.165) is 18.8 Å². The number of furan rings is 1. The molecule has 0 radical (unpaired) electrons. The van der Waals surface area contributed by atoms with E-state index in [0.29, 0.717) is 29.6 Å². The van der Waals surface area contributed by atoms with Gasteiger partial charge in [0, 0.05) is 30.9 Å². The highest BCUT2D eigenvalue weighted by atomic mass is 16.5. The zero-order chi connectivity index (χ0) is 21.2. The standard InChI is InChI=1S/C22H26N4O4/c1-3-26(4-2)17-7-5-8-18(15-17)30-16-21(27)23-12-14-29-22-11-10-19(24-25-22)20-9-6-13-28-20/h5-11,13,15H,3-4,12,14,16H2,1-2H3,(H,23,27). The molecule has 8 heteroatoms. The van der Waals surface area contributed by atoms with E-state index >= 15 is 0 Å². The minimum Gasteiger partial charge on any atom is -0.484 e. The Balaban J connectivity index is 1.37. The van der Waals surface area contributed by atoms with Gasteiger partial charge in [0.2, 0.25) is 5.88 Å². The molecule has 0 aliphatic carbocycles. The summed E-state index contributed by atoms with van der Waals surface area (Å²) in [4.78, 5) is 14.2. The van der Waals surface area contributed by atoms with Crippen molar-refractivity contribution in [3.8, 4) is 23.1 Å². The van der Waals surface area contributed by atoms with Crippen molar-refractivity contribution in [2.24, 2.45) is 0 Å². The molecule has 0 fully saturated rings. The molecule has 0 saturated heterocycles. The summed E-state index contributed by atoms with van der Waals surface area (Å²) in [6.07, 6.45) is 1.58. The normalized spacial score (nSPS) is 10.5. The first kappa shape index (κ1) is 21.2. The second-order valence-electron chi connectivity index (χ2n) is 6.39. The summed E-state index contributed by atoms with van der Waals surface area (Å²) >= 11 is 0. The summed E-state index contributed by atoms with van der Waals surface area (Å²) in [6.45, 7) is 6.59. The molecule has 1 N–H and O–H groups in total. The number of rotatable bonds is 11. The Hall–Kier alpha value is -3.55. The van der Waals surface area contributed by atoms with Gasteiger partial charge in [-0.25, -0.2) is 0 Å². The third kappa shape index (κ3) is 5.97. The lowest BCUT2D eigenvalue weighted by atomic mass is 10.2. The zero-order valence-electron chi connectivity index (χ0n) is 17.2. The van der Waals surface area contributed by atoms with Gasteiger partial charge in [0.05, 0.1) is 12.8 Å². The molecule has 2 aromatic heterocycles. The molecule has 2 heterocycles. The van der Waals surface area contributed by atoms with E-state index in [9.17, 15) is 4.79 Å². The first-order valence-corrected chi connectivity index (χ1v) is 9.94. The van der Waals surface area contributed by atoms with Gasteiger partial charge in [-0.1, -0.05) is 6.07 Å². The summed E-state index contributed by atoms with van der Waals surface area (Å²) in [5, 5.41) is 10.8. The maximum Gasteiger partial charge on any atom is 0.258 e. The van der Waals surface area contributed by atoms with Crippen molar-refractivity contribution in [2.45, 2.75) is 13.8 Å². The first-order chi connectivity index (χ1) is 14.7. The Morgan fingerprint density at radius 2 is 1.93 bits per heavy atom. The number of carbonyl (C=O) groups is 1. The maximum atomic E-state index is 12.0. The molecule has 0 aliphatic heterocycles. The number of ether oxygens (including phenoxy) is 2. The fourth-order valence-corrected chi connectivity index (χ4v) is 2.86. The number of carbonyl (C=O) groups excluding carboxylic acids is 1. The Kier molecular flexibility index (Phi) is 7.65. The van der Waals surface area contributed by atoms with E-state index in [-0.39, 0.29) is 19.1 Å². The van der Waals surface area contributed by atoms with E-state index in [1.165, 1.54) is 0 Å². The van der Waals surface area contributed by atoms with E-state index in [4.69, 9.17) is 13.9 Å². The van der Waals surface area contributed by atoms with Crippen LogP contribution in [0.4, 0.5) is 5.69 Å². The van der Waals surface area contributed by atoms with Crippen molar-refractivity contribution in [1.82, 2.24) is 15.5 Å². The van der Waals surface area contributed by atoms with Crippen molar-refractivity contribution < 1.29 is 18.7 Å². The second kappa shape index (κ2) is 10.8. The highest BCUT2D eigenvalue weighted by molar-refractivity contribution is 5.77. The van der Waals surface area contributed by atoms with Gasteiger partial charge in [-0.05, 0) is 44.2 Å². The lowest BCUT2D eigenvalue weighted by Crippen LogP contribution is -2.32. The number of benzene rings is 1. The van der Waals surface area contributed by atoms with Crippen LogP contribution in [0.25, 0.3) is 11.5 Å². The Labute approximate surface area is 175 Å². The summed E-state index contributed by atoms with van der Waals surface area (Å²) in [6, 6.07) is 14.8. The summed E-state index contributed by atoms with van der Waals surface area (Å²) in [5.41, 5.74) is 1.70. The van der Waals surface area contributed by atoms with Gasteiger partial charge in [-0.15, -0.1) is 10.2 Å². The molecule has 30 heavy (non-hydrogen) atoms. The van der Waals surface area contributed by atoms with E-state index in [1.54, 1.807) is 24.5 Å². The predicted molar refractivity (Wildman–Crippen MR) is 114 cm³/mol. The molecule has 0 unspecified atom stereocenters. The van der Waals surface area contributed by atoms with Gasteiger partial charge in [0.15, 0.2) is 12.4 Å². The third-order valence-corrected chi connectivity index (χ3v) is 4.40. The Morgan fingerprint density at radius 3 is 2.63 bits per heavy atom. The topological polar surface area (TPSA) is 89.7 Å². The largest absolute Gasteiger partial charge is 0.484 e. The van der Waals surface area contributed by atoms with Crippen LogP contribution >= 0.6 is 0 Å². The van der Waals surface area contributed by atoms with Gasteiger partial charge in [-0.2, -0.15) is 0 Å². The van der Waals surface area contributed by atoms with Crippen LogP contribution in [0.15, 0.2) is 59.2 Å². The van der Waals surface area contributed by atoms with Crippen molar-refractivity contribution in [3.63, 3.8) is 0 Å². The maximum absolute atomic E-state index is 12.0. The van der Waals surface area contributed by atoms with Crippen LogP contribution in [0, 0.1) is 0 Å². The van der Waals surface area contributed by atoms with Crippen molar-refractivity contribution in [2.75, 3.05) is 37.7 Å². The van der Waals surface area contributed by atoms with Gasteiger partial charge in [0.25, 0.3) is 5.91 Å². The van der Waals surface area contributed by atoms with Crippen LogP contribution < -0.4 is 19.7 Å². The summed E-state index contributed by atoms with van der Waals surface area (Å²) in [5.74, 6) is 1.47. The molecule has 0 bridgehead atoms. The van der Waals surface area contributed by atoms with Gasteiger partial charge in [0.1, 0.15) is 18.1 Å². The van der Waals surface area contributed by atoms with Crippen LogP contribution in [0.2, 0.25) is 0 Å². The van der Waals surface area contributed by atoms with E-state index in [2.05, 4.69) is 34.3 Å². The third-order valence-electron chi connectivity index (χ3n) is 4.40. The number of nitrogens with zero attached hydrogens (tertiary/aromatic N) is 3. The average molecular weight is 410 g/mol. The molecular formula is C22H26N4O4. The summed E-state index contributed by atoms with van der Waals surface area (Å²) in [7, 11) is 0. The summed E-state index contributed by atoms with van der Waals surface area (Å²) < 4.78 is 16.4. The Bertz CT molecular complexity index is 909. The van der Waals surface area contributed by atoms with E-state index < -0.39 is 0 Å². The van der Waals surface area contributed by atoms with Crippen molar-refractivity contribution >= 4 is 11.6 Å². The second-order valence-corrected chi connectivity index (χ2v) is 6.39. The molecule has 3 aromatic rings. The molecule has 1 aromatic carbocycles. The minimum absolute atomic E-state index is 0.0562. The van der Waals surface area contributed by atoms with Crippen LogP contribution in [-0.2, 0) is 4.79 Å². The number of nitrogens with one attached hydrogen (secondary N) is 1. The molecule has 0 aliphatic rings. The highest BCUT2D eigenvalue weighted by Gasteiger charge is 2.07. The van der Waals surface area contributed by atoms with Crippen LogP contribution in [-0.4, -0.2) is 49.0 Å². The number of amides is 1. The molecule has 1 amide bonds. The molecule has 0 atom stereocenters.